The molecule has 0 saturated carbocycles. The van der Waals surface area contributed by atoms with Crippen LogP contribution in [-0.2, 0) is 6.42 Å². The molecule has 0 radical (unpaired) electrons. The number of carbonyl (C=O) groups excluding carboxylic acids is 1. The van der Waals surface area contributed by atoms with Gasteiger partial charge in [-0.05, 0) is 37.1 Å². The van der Waals surface area contributed by atoms with Gasteiger partial charge >= 0.3 is 6.01 Å². The number of carbonyl (C=O) groups is 1. The van der Waals surface area contributed by atoms with E-state index in [-0.39, 0.29) is 28.9 Å². The standard InChI is InChI=1S/C24H22N4O5/c1-5-15-9-11-16(12-10-15)22(29)28-23(30)21-17(14(2)27-28)7-6-8-18(21)33-24-25-19(31-3)13-20(26-24)32-4/h6-13H,5H2,1-4H3. The van der Waals surface area contributed by atoms with Crippen molar-refractivity contribution in [3.63, 3.8) is 0 Å². The van der Waals surface area contributed by atoms with Crippen molar-refractivity contribution in [1.82, 2.24) is 19.7 Å². The Hall–Kier alpha value is -4.27. The Morgan fingerprint density at radius 1 is 1.00 bits per heavy atom. The van der Waals surface area contributed by atoms with Gasteiger partial charge in [-0.1, -0.05) is 31.2 Å². The normalized spacial score (nSPS) is 10.8. The highest BCUT2D eigenvalue weighted by molar-refractivity contribution is 5.98. The quantitative estimate of drug-likeness (QED) is 0.443. The number of hydrogen-bond donors (Lipinski definition) is 0. The fourth-order valence-corrected chi connectivity index (χ4v) is 3.37. The van der Waals surface area contributed by atoms with Gasteiger partial charge < -0.3 is 14.2 Å². The smallest absolute Gasteiger partial charge is 0.328 e. The summed E-state index contributed by atoms with van der Waals surface area (Å²) in [5.41, 5.74) is 1.34. The molecule has 9 heteroatoms. The SMILES string of the molecule is CCc1ccc(C(=O)n2nc(C)c3cccc(Oc4nc(OC)cc(OC)n4)c3c2=O)cc1. The first-order chi connectivity index (χ1) is 15.9. The van der Waals surface area contributed by atoms with Gasteiger partial charge in [-0.25, -0.2) is 0 Å². The molecule has 2 heterocycles. The number of aromatic nitrogens is 4. The van der Waals surface area contributed by atoms with Gasteiger partial charge in [0.25, 0.3) is 11.5 Å². The fourth-order valence-electron chi connectivity index (χ4n) is 3.37. The van der Waals surface area contributed by atoms with E-state index in [0.717, 1.165) is 16.7 Å². The molecule has 4 aromatic rings. The molecule has 0 aliphatic rings. The first kappa shape index (κ1) is 21.9. The van der Waals surface area contributed by atoms with Gasteiger partial charge in [0.1, 0.15) is 5.75 Å². The minimum absolute atomic E-state index is 0.0689. The van der Waals surface area contributed by atoms with E-state index in [2.05, 4.69) is 15.1 Å². The van der Waals surface area contributed by atoms with Crippen molar-refractivity contribution >= 4 is 16.7 Å². The van der Waals surface area contributed by atoms with Crippen LogP contribution in [0.2, 0.25) is 0 Å². The molecule has 9 nitrogen and oxygen atoms in total. The predicted molar refractivity (Wildman–Crippen MR) is 121 cm³/mol. The van der Waals surface area contributed by atoms with Crippen molar-refractivity contribution in [3.8, 4) is 23.5 Å². The Morgan fingerprint density at radius 3 is 2.27 bits per heavy atom. The Bertz CT molecular complexity index is 1370. The van der Waals surface area contributed by atoms with Crippen LogP contribution < -0.4 is 19.8 Å². The Morgan fingerprint density at radius 2 is 1.67 bits per heavy atom. The van der Waals surface area contributed by atoms with E-state index in [1.54, 1.807) is 37.3 Å². The molecule has 33 heavy (non-hydrogen) atoms. The van der Waals surface area contributed by atoms with Crippen LogP contribution in [0.4, 0.5) is 0 Å². The molecule has 0 saturated heterocycles. The van der Waals surface area contributed by atoms with Gasteiger partial charge in [0, 0.05) is 10.9 Å². The summed E-state index contributed by atoms with van der Waals surface area (Å²) in [7, 11) is 2.91. The monoisotopic (exact) mass is 446 g/mol. The lowest BCUT2D eigenvalue weighted by atomic mass is 10.1. The van der Waals surface area contributed by atoms with Crippen molar-refractivity contribution in [2.45, 2.75) is 20.3 Å². The summed E-state index contributed by atoms with van der Waals surface area (Å²) >= 11 is 0. The van der Waals surface area contributed by atoms with E-state index in [4.69, 9.17) is 14.2 Å². The highest BCUT2D eigenvalue weighted by atomic mass is 16.5. The molecular formula is C24H22N4O5. The van der Waals surface area contributed by atoms with Gasteiger partial charge in [-0.15, -0.1) is 0 Å². The zero-order chi connectivity index (χ0) is 23.5. The second-order valence-corrected chi connectivity index (χ2v) is 7.17. The summed E-state index contributed by atoms with van der Waals surface area (Å²) in [6, 6.07) is 13.6. The lowest BCUT2D eigenvalue weighted by Gasteiger charge is -2.12. The molecule has 0 fully saturated rings. The van der Waals surface area contributed by atoms with Crippen molar-refractivity contribution < 1.29 is 19.0 Å². The molecule has 2 aromatic heterocycles. The molecule has 0 aliphatic carbocycles. The van der Waals surface area contributed by atoms with E-state index in [1.165, 1.54) is 20.3 Å². The summed E-state index contributed by atoms with van der Waals surface area (Å²) < 4.78 is 17.0. The fraction of sp³-hybridized carbons (Fsp3) is 0.208. The Balaban J connectivity index is 1.83. The third kappa shape index (κ3) is 4.25. The third-order valence-electron chi connectivity index (χ3n) is 5.15. The number of ether oxygens (including phenoxy) is 3. The summed E-state index contributed by atoms with van der Waals surface area (Å²) in [5, 5.41) is 4.99. The second kappa shape index (κ2) is 9.07. The molecule has 0 spiro atoms. The van der Waals surface area contributed by atoms with Crippen molar-refractivity contribution in [2.75, 3.05) is 14.2 Å². The minimum atomic E-state index is -0.606. The Kier molecular flexibility index (Phi) is 6.03. The van der Waals surface area contributed by atoms with Crippen LogP contribution in [0.3, 0.4) is 0 Å². The number of rotatable bonds is 6. The average Bonchev–Trinajstić information content (AvgIpc) is 2.85. The maximum Gasteiger partial charge on any atom is 0.328 e. The highest BCUT2D eigenvalue weighted by Gasteiger charge is 2.19. The average molecular weight is 446 g/mol. The highest BCUT2D eigenvalue weighted by Crippen LogP contribution is 2.29. The number of hydrogen-bond acceptors (Lipinski definition) is 8. The van der Waals surface area contributed by atoms with Crippen LogP contribution in [-0.4, -0.2) is 39.9 Å². The van der Waals surface area contributed by atoms with E-state index >= 15 is 0 Å². The summed E-state index contributed by atoms with van der Waals surface area (Å²) in [4.78, 5) is 34.8. The molecule has 168 valence electrons. The van der Waals surface area contributed by atoms with Crippen molar-refractivity contribution in [2.24, 2.45) is 0 Å². The van der Waals surface area contributed by atoms with Crippen LogP contribution in [0.1, 0.15) is 28.5 Å². The number of fused-ring (bicyclic) bond motifs is 1. The molecule has 0 bridgehead atoms. The van der Waals surface area contributed by atoms with Crippen molar-refractivity contribution in [1.29, 1.82) is 0 Å². The number of aryl methyl sites for hydroxylation is 2. The van der Waals surface area contributed by atoms with Crippen LogP contribution in [0, 0.1) is 6.92 Å². The van der Waals surface area contributed by atoms with Gasteiger partial charge in [0.05, 0.1) is 31.4 Å². The van der Waals surface area contributed by atoms with Crippen LogP contribution in [0.25, 0.3) is 10.8 Å². The van der Waals surface area contributed by atoms with Crippen molar-refractivity contribution in [3.05, 3.63) is 75.7 Å². The first-order valence-corrected chi connectivity index (χ1v) is 10.3. The van der Waals surface area contributed by atoms with Gasteiger partial charge in [0.2, 0.25) is 11.8 Å². The predicted octanol–water partition coefficient (Wildman–Crippen LogP) is 3.56. The maximum atomic E-state index is 13.4. The zero-order valence-electron chi connectivity index (χ0n) is 18.7. The van der Waals surface area contributed by atoms with E-state index in [0.29, 0.717) is 16.6 Å². The van der Waals surface area contributed by atoms with E-state index < -0.39 is 11.5 Å². The lowest BCUT2D eigenvalue weighted by Crippen LogP contribution is -2.30. The largest absolute Gasteiger partial charge is 0.481 e. The molecule has 0 amide bonds. The molecule has 0 N–H and O–H groups in total. The van der Waals surface area contributed by atoms with E-state index in [1.807, 2.05) is 19.1 Å². The molecular weight excluding hydrogens is 424 g/mol. The number of benzene rings is 2. The Labute approximate surface area is 189 Å². The topological polar surface area (TPSA) is 105 Å². The third-order valence-corrected chi connectivity index (χ3v) is 5.15. The number of methoxy groups -OCH3 is 2. The van der Waals surface area contributed by atoms with Gasteiger partial charge in [0.15, 0.2) is 0 Å². The maximum absolute atomic E-state index is 13.4. The minimum Gasteiger partial charge on any atom is -0.481 e. The molecule has 0 aliphatic heterocycles. The molecule has 0 unspecified atom stereocenters. The second-order valence-electron chi connectivity index (χ2n) is 7.17. The van der Waals surface area contributed by atoms with Crippen LogP contribution in [0.5, 0.6) is 23.5 Å². The molecule has 2 aromatic carbocycles. The molecule has 0 atom stereocenters. The van der Waals surface area contributed by atoms with E-state index in [9.17, 15) is 9.59 Å². The molecule has 4 rings (SSSR count). The summed E-state index contributed by atoms with van der Waals surface area (Å²) in [6.07, 6.45) is 0.847. The van der Waals surface area contributed by atoms with Gasteiger partial charge in [-0.3, -0.25) is 9.59 Å². The van der Waals surface area contributed by atoms with Crippen LogP contribution in [0.15, 0.2) is 53.3 Å². The lowest BCUT2D eigenvalue weighted by molar-refractivity contribution is 0.0939. The first-order valence-electron chi connectivity index (χ1n) is 10.3. The summed E-state index contributed by atoms with van der Waals surface area (Å²) in [5.74, 6) is 0.124. The van der Waals surface area contributed by atoms with Gasteiger partial charge in [-0.2, -0.15) is 19.7 Å². The van der Waals surface area contributed by atoms with Crippen LogP contribution >= 0.6 is 0 Å². The summed E-state index contributed by atoms with van der Waals surface area (Å²) in [6.45, 7) is 3.75. The number of nitrogens with zero attached hydrogens (tertiary/aromatic N) is 4. The zero-order valence-corrected chi connectivity index (χ0v) is 18.7.